The summed E-state index contributed by atoms with van der Waals surface area (Å²) in [4.78, 5) is 13.1. The lowest BCUT2D eigenvalue weighted by Crippen LogP contribution is -2.25. The summed E-state index contributed by atoms with van der Waals surface area (Å²) >= 11 is 0. The monoisotopic (exact) mass is 430 g/mol. The summed E-state index contributed by atoms with van der Waals surface area (Å²) in [5.41, 5.74) is 6.48. The number of para-hydroxylation sites is 1. The molecule has 2 aromatic heterocycles. The van der Waals surface area contributed by atoms with Crippen LogP contribution in [0.3, 0.4) is 0 Å². The molecule has 4 rings (SSSR count). The van der Waals surface area contributed by atoms with Crippen molar-refractivity contribution in [1.29, 1.82) is 0 Å². The number of hydrogen-bond donors (Lipinski definition) is 0. The van der Waals surface area contributed by atoms with Crippen molar-refractivity contribution in [2.45, 2.75) is 53.6 Å². The van der Waals surface area contributed by atoms with Gasteiger partial charge in [-0.1, -0.05) is 56.3 Å². The SMILES string of the molecule is CCn1c(C)c(CCC(C)C)n(Cc2ccc(-c3ccccc3-n3cnnn3)cc2)c1=O. The molecule has 0 fully saturated rings. The van der Waals surface area contributed by atoms with Gasteiger partial charge in [0.2, 0.25) is 0 Å². The summed E-state index contributed by atoms with van der Waals surface area (Å²) in [5, 5.41) is 11.5. The minimum Gasteiger partial charge on any atom is -0.297 e. The molecule has 0 atom stereocenters. The Balaban J connectivity index is 1.64. The van der Waals surface area contributed by atoms with Crippen LogP contribution in [-0.2, 0) is 19.5 Å². The second-order valence-electron chi connectivity index (χ2n) is 8.55. The highest BCUT2D eigenvalue weighted by Gasteiger charge is 2.16. The molecule has 0 amide bonds. The Bertz CT molecular complexity index is 1230. The predicted octanol–water partition coefficient (Wildman–Crippen LogP) is 4.26. The highest BCUT2D eigenvalue weighted by Crippen LogP contribution is 2.26. The zero-order valence-corrected chi connectivity index (χ0v) is 19.2. The number of tetrazole rings is 1. The molecule has 2 heterocycles. The Kier molecular flexibility index (Phi) is 6.35. The standard InChI is InChI=1S/C25H30N6O/c1-5-29-19(4)23(15-10-18(2)3)30(25(29)32)16-20-11-13-21(14-12-20)22-8-6-7-9-24(22)31-17-26-27-28-31/h6-9,11-14,17-18H,5,10,15-16H2,1-4H3. The Labute approximate surface area is 188 Å². The fraction of sp³-hybridized carbons (Fsp3) is 0.360. The van der Waals surface area contributed by atoms with Crippen LogP contribution in [0.25, 0.3) is 16.8 Å². The van der Waals surface area contributed by atoms with Crippen LogP contribution in [0.4, 0.5) is 0 Å². The van der Waals surface area contributed by atoms with Crippen molar-refractivity contribution in [2.75, 3.05) is 0 Å². The van der Waals surface area contributed by atoms with Crippen molar-refractivity contribution in [3.8, 4) is 16.8 Å². The van der Waals surface area contributed by atoms with E-state index in [-0.39, 0.29) is 5.69 Å². The minimum atomic E-state index is 0.0804. The van der Waals surface area contributed by atoms with Gasteiger partial charge in [0.05, 0.1) is 12.2 Å². The second kappa shape index (κ2) is 9.34. The summed E-state index contributed by atoms with van der Waals surface area (Å²) in [6, 6.07) is 16.4. The van der Waals surface area contributed by atoms with Crippen LogP contribution in [0, 0.1) is 12.8 Å². The van der Waals surface area contributed by atoms with Crippen LogP contribution in [-0.4, -0.2) is 29.3 Å². The maximum Gasteiger partial charge on any atom is 0.328 e. The molecule has 4 aromatic rings. The number of nitrogens with zero attached hydrogens (tertiary/aromatic N) is 6. The van der Waals surface area contributed by atoms with Gasteiger partial charge < -0.3 is 0 Å². The van der Waals surface area contributed by atoms with Crippen molar-refractivity contribution >= 4 is 0 Å². The van der Waals surface area contributed by atoms with Crippen LogP contribution in [0.2, 0.25) is 0 Å². The third-order valence-corrected chi connectivity index (χ3v) is 5.99. The maximum atomic E-state index is 13.1. The fourth-order valence-electron chi connectivity index (χ4n) is 4.19. The summed E-state index contributed by atoms with van der Waals surface area (Å²) in [6.45, 7) is 9.81. The van der Waals surface area contributed by atoms with E-state index in [0.717, 1.165) is 46.6 Å². The molecule has 0 unspecified atom stereocenters. The van der Waals surface area contributed by atoms with E-state index in [1.54, 1.807) is 11.0 Å². The van der Waals surface area contributed by atoms with E-state index >= 15 is 0 Å². The van der Waals surface area contributed by atoms with Gasteiger partial charge in [0.25, 0.3) is 0 Å². The van der Waals surface area contributed by atoms with Crippen LogP contribution in [0.15, 0.2) is 59.7 Å². The first-order valence-electron chi connectivity index (χ1n) is 11.2. The van der Waals surface area contributed by atoms with Gasteiger partial charge in [-0.15, -0.1) is 5.10 Å². The van der Waals surface area contributed by atoms with Crippen LogP contribution in [0.1, 0.15) is 44.1 Å². The van der Waals surface area contributed by atoms with Gasteiger partial charge in [0.15, 0.2) is 0 Å². The number of imidazole rings is 1. The second-order valence-corrected chi connectivity index (χ2v) is 8.55. The van der Waals surface area contributed by atoms with Crippen molar-refractivity contribution in [3.63, 3.8) is 0 Å². The first-order chi connectivity index (χ1) is 15.5. The Morgan fingerprint density at radius 2 is 1.75 bits per heavy atom. The smallest absolute Gasteiger partial charge is 0.297 e. The van der Waals surface area contributed by atoms with Crippen molar-refractivity contribution in [2.24, 2.45) is 5.92 Å². The molecule has 0 aliphatic carbocycles. The topological polar surface area (TPSA) is 70.5 Å². The number of benzene rings is 2. The van der Waals surface area contributed by atoms with Crippen LogP contribution < -0.4 is 5.69 Å². The molecular weight excluding hydrogens is 400 g/mol. The van der Waals surface area contributed by atoms with Gasteiger partial charge in [-0.05, 0) is 60.2 Å². The van der Waals surface area contributed by atoms with E-state index in [2.05, 4.69) is 66.6 Å². The van der Waals surface area contributed by atoms with Gasteiger partial charge in [0.1, 0.15) is 6.33 Å². The number of rotatable bonds is 8. The fourth-order valence-corrected chi connectivity index (χ4v) is 4.19. The lowest BCUT2D eigenvalue weighted by molar-refractivity contribution is 0.564. The van der Waals surface area contributed by atoms with Crippen molar-refractivity contribution < 1.29 is 0 Å². The predicted molar refractivity (Wildman–Crippen MR) is 126 cm³/mol. The molecule has 0 N–H and O–H groups in total. The molecule has 0 spiro atoms. The summed E-state index contributed by atoms with van der Waals surface area (Å²) in [5.74, 6) is 0.600. The van der Waals surface area contributed by atoms with E-state index in [9.17, 15) is 4.79 Å². The molecule has 0 bridgehead atoms. The highest BCUT2D eigenvalue weighted by atomic mass is 16.1. The highest BCUT2D eigenvalue weighted by molar-refractivity contribution is 5.72. The lowest BCUT2D eigenvalue weighted by atomic mass is 10.0. The van der Waals surface area contributed by atoms with Crippen LogP contribution >= 0.6 is 0 Å². The summed E-state index contributed by atoms with van der Waals surface area (Å²) < 4.78 is 5.50. The first-order valence-corrected chi connectivity index (χ1v) is 11.2. The molecular formula is C25H30N6O. The van der Waals surface area contributed by atoms with Gasteiger partial charge in [-0.25, -0.2) is 4.79 Å². The third kappa shape index (κ3) is 4.28. The third-order valence-electron chi connectivity index (χ3n) is 5.99. The van der Waals surface area contributed by atoms with E-state index in [0.29, 0.717) is 19.0 Å². The van der Waals surface area contributed by atoms with E-state index in [1.807, 2.05) is 34.3 Å². The molecule has 0 saturated heterocycles. The van der Waals surface area contributed by atoms with Gasteiger partial charge in [0, 0.05) is 23.5 Å². The molecule has 0 aliphatic heterocycles. The Hall–Kier alpha value is -3.48. The summed E-state index contributed by atoms with van der Waals surface area (Å²) in [7, 11) is 0. The van der Waals surface area contributed by atoms with E-state index in [4.69, 9.17) is 0 Å². The first kappa shape index (κ1) is 21.7. The lowest BCUT2D eigenvalue weighted by Gasteiger charge is -2.12. The largest absolute Gasteiger partial charge is 0.328 e. The average molecular weight is 431 g/mol. The molecule has 7 nitrogen and oxygen atoms in total. The Morgan fingerprint density at radius 3 is 2.41 bits per heavy atom. The average Bonchev–Trinajstić information content (AvgIpc) is 3.40. The van der Waals surface area contributed by atoms with E-state index < -0.39 is 0 Å². The molecule has 0 radical (unpaired) electrons. The van der Waals surface area contributed by atoms with Crippen molar-refractivity contribution in [1.82, 2.24) is 29.3 Å². The molecule has 0 saturated carbocycles. The number of hydrogen-bond acceptors (Lipinski definition) is 4. The van der Waals surface area contributed by atoms with Gasteiger partial charge in [-0.3, -0.25) is 9.13 Å². The molecule has 7 heteroatoms. The maximum absolute atomic E-state index is 13.1. The molecule has 2 aromatic carbocycles. The van der Waals surface area contributed by atoms with Gasteiger partial charge >= 0.3 is 5.69 Å². The molecule has 32 heavy (non-hydrogen) atoms. The summed E-state index contributed by atoms with van der Waals surface area (Å²) in [6.07, 6.45) is 3.59. The normalized spacial score (nSPS) is 11.4. The van der Waals surface area contributed by atoms with E-state index in [1.165, 1.54) is 0 Å². The quantitative estimate of drug-likeness (QED) is 0.419. The van der Waals surface area contributed by atoms with Crippen molar-refractivity contribution in [3.05, 3.63) is 82.3 Å². The number of aromatic nitrogens is 6. The Morgan fingerprint density at radius 1 is 1.00 bits per heavy atom. The molecule has 0 aliphatic rings. The van der Waals surface area contributed by atoms with Crippen LogP contribution in [0.5, 0.6) is 0 Å². The minimum absolute atomic E-state index is 0.0804. The molecule has 166 valence electrons. The van der Waals surface area contributed by atoms with Gasteiger partial charge in [-0.2, -0.15) is 4.68 Å². The zero-order valence-electron chi connectivity index (χ0n) is 19.2. The zero-order chi connectivity index (χ0) is 22.7.